The molecule has 100 valence electrons. The first kappa shape index (κ1) is 13.5. The standard InChI is InChI=1S/C15H22O3/c1-10(16)12-5-7-13(8-6-12)14-15(3,4)9-17-11(2)18-14/h5-8,10-11,14,16H,9H2,1-4H3. The molecule has 18 heavy (non-hydrogen) atoms. The topological polar surface area (TPSA) is 38.7 Å². The summed E-state index contributed by atoms with van der Waals surface area (Å²) >= 11 is 0. The maximum absolute atomic E-state index is 9.52. The summed E-state index contributed by atoms with van der Waals surface area (Å²) in [5.41, 5.74) is 2.02. The molecule has 0 bridgehead atoms. The third-order valence-corrected chi connectivity index (χ3v) is 3.45. The van der Waals surface area contributed by atoms with Crippen LogP contribution in [0.5, 0.6) is 0 Å². The summed E-state index contributed by atoms with van der Waals surface area (Å²) in [5, 5.41) is 9.52. The number of hydrogen-bond donors (Lipinski definition) is 1. The molecule has 3 nitrogen and oxygen atoms in total. The minimum absolute atomic E-state index is 0.0318. The van der Waals surface area contributed by atoms with Gasteiger partial charge >= 0.3 is 0 Å². The van der Waals surface area contributed by atoms with Crippen molar-refractivity contribution in [2.24, 2.45) is 5.41 Å². The molecule has 1 aliphatic rings. The zero-order valence-electron chi connectivity index (χ0n) is 11.5. The Kier molecular flexibility index (Phi) is 3.76. The predicted molar refractivity (Wildman–Crippen MR) is 70.1 cm³/mol. The summed E-state index contributed by atoms with van der Waals surface area (Å²) in [5.74, 6) is 0. The first-order valence-corrected chi connectivity index (χ1v) is 6.45. The third-order valence-electron chi connectivity index (χ3n) is 3.45. The minimum Gasteiger partial charge on any atom is -0.389 e. The maximum Gasteiger partial charge on any atom is 0.155 e. The van der Waals surface area contributed by atoms with Gasteiger partial charge in [0.15, 0.2) is 6.29 Å². The fraction of sp³-hybridized carbons (Fsp3) is 0.600. The van der Waals surface area contributed by atoms with Crippen LogP contribution in [-0.2, 0) is 9.47 Å². The van der Waals surface area contributed by atoms with Crippen LogP contribution in [-0.4, -0.2) is 18.0 Å². The highest BCUT2D eigenvalue weighted by atomic mass is 16.7. The Morgan fingerprint density at radius 1 is 1.28 bits per heavy atom. The van der Waals surface area contributed by atoms with Crippen LogP contribution in [0.1, 0.15) is 51.0 Å². The van der Waals surface area contributed by atoms with Crippen LogP contribution in [0.2, 0.25) is 0 Å². The van der Waals surface area contributed by atoms with Gasteiger partial charge in [0.1, 0.15) is 0 Å². The molecule has 0 saturated carbocycles. The van der Waals surface area contributed by atoms with E-state index in [-0.39, 0.29) is 17.8 Å². The Morgan fingerprint density at radius 3 is 2.44 bits per heavy atom. The molecule has 0 aliphatic carbocycles. The predicted octanol–water partition coefficient (Wildman–Crippen LogP) is 3.20. The van der Waals surface area contributed by atoms with Gasteiger partial charge in [-0.05, 0) is 25.0 Å². The molecule has 1 aromatic rings. The Hall–Kier alpha value is -0.900. The monoisotopic (exact) mass is 250 g/mol. The Labute approximate surface area is 109 Å². The summed E-state index contributed by atoms with van der Waals surface area (Å²) < 4.78 is 11.4. The van der Waals surface area contributed by atoms with Crippen molar-refractivity contribution in [1.29, 1.82) is 0 Å². The van der Waals surface area contributed by atoms with Crippen molar-refractivity contribution in [3.63, 3.8) is 0 Å². The molecular formula is C15H22O3. The van der Waals surface area contributed by atoms with E-state index in [1.54, 1.807) is 6.92 Å². The molecule has 1 saturated heterocycles. The Bertz CT molecular complexity index is 395. The highest BCUT2D eigenvalue weighted by Crippen LogP contribution is 2.41. The number of rotatable bonds is 2. The first-order chi connectivity index (χ1) is 8.40. The van der Waals surface area contributed by atoms with Crippen LogP contribution >= 0.6 is 0 Å². The Morgan fingerprint density at radius 2 is 1.89 bits per heavy atom. The molecule has 0 aromatic heterocycles. The number of aliphatic hydroxyl groups is 1. The lowest BCUT2D eigenvalue weighted by molar-refractivity contribution is -0.254. The van der Waals surface area contributed by atoms with E-state index < -0.39 is 6.10 Å². The largest absolute Gasteiger partial charge is 0.389 e. The summed E-state index contributed by atoms with van der Waals surface area (Å²) in [6, 6.07) is 7.98. The van der Waals surface area contributed by atoms with Crippen LogP contribution in [0, 0.1) is 5.41 Å². The molecule has 3 heteroatoms. The SMILES string of the molecule is CC1OCC(C)(C)C(c2ccc(C(C)O)cc2)O1. The van der Waals surface area contributed by atoms with Gasteiger partial charge < -0.3 is 14.6 Å². The van der Waals surface area contributed by atoms with E-state index in [1.165, 1.54) is 0 Å². The fourth-order valence-electron chi connectivity index (χ4n) is 2.30. The molecule has 1 aliphatic heterocycles. The quantitative estimate of drug-likeness (QED) is 0.876. The summed E-state index contributed by atoms with van der Waals surface area (Å²) in [6.45, 7) is 8.67. The molecule has 1 fully saturated rings. The van der Waals surface area contributed by atoms with E-state index in [2.05, 4.69) is 13.8 Å². The smallest absolute Gasteiger partial charge is 0.155 e. The van der Waals surface area contributed by atoms with Crippen molar-refractivity contribution in [3.8, 4) is 0 Å². The minimum atomic E-state index is -0.429. The molecule has 0 spiro atoms. The fourth-order valence-corrected chi connectivity index (χ4v) is 2.30. The van der Waals surface area contributed by atoms with E-state index in [9.17, 15) is 5.11 Å². The van der Waals surface area contributed by atoms with E-state index >= 15 is 0 Å². The third kappa shape index (κ3) is 2.74. The lowest BCUT2D eigenvalue weighted by Gasteiger charge is -2.41. The van der Waals surface area contributed by atoms with Crippen LogP contribution in [0.25, 0.3) is 0 Å². The van der Waals surface area contributed by atoms with Crippen molar-refractivity contribution in [2.45, 2.75) is 46.2 Å². The van der Waals surface area contributed by atoms with Gasteiger partial charge in [-0.25, -0.2) is 0 Å². The van der Waals surface area contributed by atoms with Gasteiger partial charge in [-0.15, -0.1) is 0 Å². The van der Waals surface area contributed by atoms with Crippen LogP contribution < -0.4 is 0 Å². The summed E-state index contributed by atoms with van der Waals surface area (Å²) in [6.07, 6.45) is -0.564. The second-order valence-corrected chi connectivity index (χ2v) is 5.73. The van der Waals surface area contributed by atoms with Crippen molar-refractivity contribution in [1.82, 2.24) is 0 Å². The van der Waals surface area contributed by atoms with Crippen molar-refractivity contribution < 1.29 is 14.6 Å². The zero-order valence-corrected chi connectivity index (χ0v) is 11.5. The average molecular weight is 250 g/mol. The van der Waals surface area contributed by atoms with E-state index in [1.807, 2.05) is 31.2 Å². The average Bonchev–Trinajstić information content (AvgIpc) is 2.32. The summed E-state index contributed by atoms with van der Waals surface area (Å²) in [4.78, 5) is 0. The maximum atomic E-state index is 9.52. The molecular weight excluding hydrogens is 228 g/mol. The normalized spacial score (nSPS) is 28.9. The highest BCUT2D eigenvalue weighted by Gasteiger charge is 2.37. The van der Waals surface area contributed by atoms with E-state index in [0.717, 1.165) is 11.1 Å². The first-order valence-electron chi connectivity index (χ1n) is 6.45. The van der Waals surface area contributed by atoms with E-state index in [0.29, 0.717) is 6.61 Å². The van der Waals surface area contributed by atoms with Crippen molar-refractivity contribution in [2.75, 3.05) is 6.61 Å². The molecule has 0 radical (unpaired) electrons. The van der Waals surface area contributed by atoms with Crippen LogP contribution in [0.15, 0.2) is 24.3 Å². The van der Waals surface area contributed by atoms with Gasteiger partial charge in [0.2, 0.25) is 0 Å². The van der Waals surface area contributed by atoms with Gasteiger partial charge in [0, 0.05) is 5.41 Å². The van der Waals surface area contributed by atoms with Gasteiger partial charge in [-0.2, -0.15) is 0 Å². The van der Waals surface area contributed by atoms with Gasteiger partial charge in [-0.1, -0.05) is 38.1 Å². The molecule has 0 amide bonds. The van der Waals surface area contributed by atoms with Gasteiger partial charge in [0.05, 0.1) is 18.8 Å². The number of ether oxygens (including phenoxy) is 2. The second kappa shape index (κ2) is 5.00. The molecule has 1 aromatic carbocycles. The second-order valence-electron chi connectivity index (χ2n) is 5.73. The highest BCUT2D eigenvalue weighted by molar-refractivity contribution is 5.26. The van der Waals surface area contributed by atoms with Crippen molar-refractivity contribution >= 4 is 0 Å². The Balaban J connectivity index is 2.23. The number of hydrogen-bond acceptors (Lipinski definition) is 3. The summed E-state index contributed by atoms with van der Waals surface area (Å²) in [7, 11) is 0. The molecule has 2 rings (SSSR count). The molecule has 1 N–H and O–H groups in total. The van der Waals surface area contributed by atoms with Gasteiger partial charge in [0.25, 0.3) is 0 Å². The molecule has 3 atom stereocenters. The molecule has 1 heterocycles. The number of benzene rings is 1. The molecule has 3 unspecified atom stereocenters. The lowest BCUT2D eigenvalue weighted by Crippen LogP contribution is -2.39. The van der Waals surface area contributed by atoms with Gasteiger partial charge in [-0.3, -0.25) is 0 Å². The van der Waals surface area contributed by atoms with Crippen LogP contribution in [0.4, 0.5) is 0 Å². The van der Waals surface area contributed by atoms with E-state index in [4.69, 9.17) is 9.47 Å². The lowest BCUT2D eigenvalue weighted by atomic mass is 9.82. The number of aliphatic hydroxyl groups excluding tert-OH is 1. The van der Waals surface area contributed by atoms with Crippen molar-refractivity contribution in [3.05, 3.63) is 35.4 Å². The zero-order chi connectivity index (χ0) is 13.3. The van der Waals surface area contributed by atoms with Crippen LogP contribution in [0.3, 0.4) is 0 Å².